The van der Waals surface area contributed by atoms with Crippen molar-refractivity contribution in [1.29, 1.82) is 0 Å². The largest absolute Gasteiger partial charge is 0.484 e. The van der Waals surface area contributed by atoms with E-state index in [4.69, 9.17) is 4.74 Å². The predicted molar refractivity (Wildman–Crippen MR) is 82.9 cm³/mol. The first kappa shape index (κ1) is 16.3. The molecule has 5 heteroatoms. The van der Waals surface area contributed by atoms with Crippen molar-refractivity contribution < 1.29 is 19.4 Å². The van der Waals surface area contributed by atoms with E-state index >= 15 is 0 Å². The first-order valence-corrected chi connectivity index (χ1v) is 7.76. The zero-order chi connectivity index (χ0) is 16.0. The molecule has 1 aromatic rings. The number of amides is 1. The van der Waals surface area contributed by atoms with E-state index in [1.807, 2.05) is 25.1 Å². The number of carboxylic acids is 1. The monoisotopic (exact) mass is 305 g/mol. The summed E-state index contributed by atoms with van der Waals surface area (Å²) in [5, 5.41) is 12.2. The molecule has 0 atom stereocenters. The quantitative estimate of drug-likeness (QED) is 0.820. The smallest absolute Gasteiger partial charge is 0.329 e. The Balaban J connectivity index is 1.95. The highest BCUT2D eigenvalue weighted by molar-refractivity contribution is 5.87. The summed E-state index contributed by atoms with van der Waals surface area (Å²) in [4.78, 5) is 23.7. The lowest BCUT2D eigenvalue weighted by atomic mass is 9.90. The van der Waals surface area contributed by atoms with Crippen LogP contribution in [0.4, 0.5) is 0 Å². The molecule has 1 amide bonds. The number of hydrogen-bond acceptors (Lipinski definition) is 3. The van der Waals surface area contributed by atoms with Gasteiger partial charge in [-0.2, -0.15) is 0 Å². The molecular formula is C17H23NO4. The van der Waals surface area contributed by atoms with Crippen molar-refractivity contribution in [3.8, 4) is 5.75 Å². The van der Waals surface area contributed by atoms with Gasteiger partial charge in [0.05, 0.1) is 0 Å². The SMILES string of the molecule is Cc1cccc(OCC(=O)NC2(C(=O)O)CCCCCC2)c1. The summed E-state index contributed by atoms with van der Waals surface area (Å²) >= 11 is 0. The zero-order valence-corrected chi connectivity index (χ0v) is 12.9. The molecule has 2 rings (SSSR count). The first-order valence-electron chi connectivity index (χ1n) is 7.76. The lowest BCUT2D eigenvalue weighted by molar-refractivity contribution is -0.148. The van der Waals surface area contributed by atoms with Crippen LogP contribution >= 0.6 is 0 Å². The molecule has 1 aliphatic carbocycles. The molecule has 1 aliphatic rings. The topological polar surface area (TPSA) is 75.6 Å². The van der Waals surface area contributed by atoms with Crippen LogP contribution in [0.3, 0.4) is 0 Å². The molecular weight excluding hydrogens is 282 g/mol. The van der Waals surface area contributed by atoms with Crippen LogP contribution in [0.25, 0.3) is 0 Å². The number of rotatable bonds is 5. The molecule has 0 bridgehead atoms. The molecule has 0 unspecified atom stereocenters. The highest BCUT2D eigenvalue weighted by Gasteiger charge is 2.40. The van der Waals surface area contributed by atoms with Crippen molar-refractivity contribution in [2.24, 2.45) is 0 Å². The van der Waals surface area contributed by atoms with Gasteiger partial charge in [0.1, 0.15) is 11.3 Å². The van der Waals surface area contributed by atoms with Crippen LogP contribution in [-0.4, -0.2) is 29.1 Å². The summed E-state index contributed by atoms with van der Waals surface area (Å²) < 4.78 is 5.44. The van der Waals surface area contributed by atoms with E-state index in [2.05, 4.69) is 5.32 Å². The molecule has 0 spiro atoms. The van der Waals surface area contributed by atoms with Crippen molar-refractivity contribution in [2.75, 3.05) is 6.61 Å². The van der Waals surface area contributed by atoms with Gasteiger partial charge < -0.3 is 15.2 Å². The summed E-state index contributed by atoms with van der Waals surface area (Å²) in [5.74, 6) is -0.718. The Labute approximate surface area is 130 Å². The maximum absolute atomic E-state index is 12.1. The minimum Gasteiger partial charge on any atom is -0.484 e. The molecule has 0 saturated heterocycles. The number of aryl methyl sites for hydroxylation is 1. The highest BCUT2D eigenvalue weighted by Crippen LogP contribution is 2.27. The second-order valence-electron chi connectivity index (χ2n) is 5.95. The molecule has 5 nitrogen and oxygen atoms in total. The fourth-order valence-corrected chi connectivity index (χ4v) is 2.88. The van der Waals surface area contributed by atoms with Crippen LogP contribution in [-0.2, 0) is 9.59 Å². The first-order chi connectivity index (χ1) is 10.5. The Morgan fingerprint density at radius 2 is 1.91 bits per heavy atom. The number of aliphatic carboxylic acids is 1. The maximum Gasteiger partial charge on any atom is 0.329 e. The average Bonchev–Trinajstić information content (AvgIpc) is 2.72. The van der Waals surface area contributed by atoms with Gasteiger partial charge in [0.25, 0.3) is 5.91 Å². The van der Waals surface area contributed by atoms with E-state index < -0.39 is 11.5 Å². The van der Waals surface area contributed by atoms with Gasteiger partial charge in [-0.3, -0.25) is 4.79 Å². The Hall–Kier alpha value is -2.04. The standard InChI is InChI=1S/C17H23NO4/c1-13-7-6-8-14(11-13)22-12-15(19)18-17(16(20)21)9-4-2-3-5-10-17/h6-8,11H,2-5,9-10,12H2,1H3,(H,18,19)(H,20,21). The molecule has 1 aromatic carbocycles. The summed E-state index contributed by atoms with van der Waals surface area (Å²) in [6, 6.07) is 7.41. The number of hydrogen-bond donors (Lipinski definition) is 2. The number of carbonyl (C=O) groups is 2. The van der Waals surface area contributed by atoms with Crippen molar-refractivity contribution in [2.45, 2.75) is 51.0 Å². The van der Waals surface area contributed by atoms with Crippen LogP contribution in [0.1, 0.15) is 44.1 Å². The molecule has 22 heavy (non-hydrogen) atoms. The third kappa shape index (κ3) is 4.23. The molecule has 2 N–H and O–H groups in total. The van der Waals surface area contributed by atoms with Crippen LogP contribution in [0.2, 0.25) is 0 Å². The normalized spacial score (nSPS) is 17.3. The van der Waals surface area contributed by atoms with Gasteiger partial charge in [-0.15, -0.1) is 0 Å². The van der Waals surface area contributed by atoms with E-state index in [1.54, 1.807) is 6.07 Å². The van der Waals surface area contributed by atoms with Crippen LogP contribution in [0, 0.1) is 6.92 Å². The second-order valence-corrected chi connectivity index (χ2v) is 5.95. The molecule has 1 saturated carbocycles. The van der Waals surface area contributed by atoms with Gasteiger partial charge in [-0.05, 0) is 37.5 Å². The summed E-state index contributed by atoms with van der Waals surface area (Å²) in [7, 11) is 0. The van der Waals surface area contributed by atoms with Crippen LogP contribution < -0.4 is 10.1 Å². The van der Waals surface area contributed by atoms with Crippen LogP contribution in [0.15, 0.2) is 24.3 Å². The average molecular weight is 305 g/mol. The minimum absolute atomic E-state index is 0.168. The molecule has 0 heterocycles. The van der Waals surface area contributed by atoms with Gasteiger partial charge in [0.2, 0.25) is 0 Å². The summed E-state index contributed by atoms with van der Waals surface area (Å²) in [5.41, 5.74) is -0.0903. The lowest BCUT2D eigenvalue weighted by Crippen LogP contribution is -2.55. The minimum atomic E-state index is -1.14. The Morgan fingerprint density at radius 1 is 1.23 bits per heavy atom. The zero-order valence-electron chi connectivity index (χ0n) is 12.9. The van der Waals surface area contributed by atoms with Gasteiger partial charge in [-0.1, -0.05) is 37.8 Å². The number of carbonyl (C=O) groups excluding carboxylic acids is 1. The number of carboxylic acid groups (broad SMARTS) is 1. The van der Waals surface area contributed by atoms with Gasteiger partial charge in [-0.25, -0.2) is 4.79 Å². The van der Waals surface area contributed by atoms with Crippen molar-refractivity contribution in [3.63, 3.8) is 0 Å². The Bertz CT molecular complexity index is 533. The molecule has 120 valence electrons. The lowest BCUT2D eigenvalue weighted by Gasteiger charge is -2.29. The van der Waals surface area contributed by atoms with Gasteiger partial charge in [0.15, 0.2) is 6.61 Å². The molecule has 0 aromatic heterocycles. The molecule has 0 aliphatic heterocycles. The number of ether oxygens (including phenoxy) is 1. The Kier molecular flexibility index (Phi) is 5.41. The summed E-state index contributed by atoms with van der Waals surface area (Å²) in [6.45, 7) is 1.77. The van der Waals surface area contributed by atoms with Crippen molar-refractivity contribution in [1.82, 2.24) is 5.32 Å². The molecule has 0 radical (unpaired) electrons. The van der Waals surface area contributed by atoms with E-state index in [0.29, 0.717) is 18.6 Å². The fourth-order valence-electron chi connectivity index (χ4n) is 2.88. The highest BCUT2D eigenvalue weighted by atomic mass is 16.5. The van der Waals surface area contributed by atoms with E-state index in [-0.39, 0.29) is 12.5 Å². The third-order valence-electron chi connectivity index (χ3n) is 4.10. The number of nitrogens with one attached hydrogen (secondary N) is 1. The van der Waals surface area contributed by atoms with E-state index in [9.17, 15) is 14.7 Å². The number of benzene rings is 1. The third-order valence-corrected chi connectivity index (χ3v) is 4.10. The Morgan fingerprint density at radius 3 is 2.50 bits per heavy atom. The van der Waals surface area contributed by atoms with Crippen molar-refractivity contribution >= 4 is 11.9 Å². The van der Waals surface area contributed by atoms with E-state index in [1.165, 1.54) is 0 Å². The van der Waals surface area contributed by atoms with E-state index in [0.717, 1.165) is 31.2 Å². The molecule has 1 fully saturated rings. The van der Waals surface area contributed by atoms with Gasteiger partial charge in [0, 0.05) is 0 Å². The van der Waals surface area contributed by atoms with Gasteiger partial charge >= 0.3 is 5.97 Å². The maximum atomic E-state index is 12.1. The second kappa shape index (κ2) is 7.29. The van der Waals surface area contributed by atoms with Crippen molar-refractivity contribution in [3.05, 3.63) is 29.8 Å². The summed E-state index contributed by atoms with van der Waals surface area (Å²) in [6.07, 6.45) is 4.66. The fraction of sp³-hybridized carbons (Fsp3) is 0.529. The predicted octanol–water partition coefficient (Wildman–Crippen LogP) is 2.67. The van der Waals surface area contributed by atoms with Crippen LogP contribution in [0.5, 0.6) is 5.75 Å².